The maximum absolute atomic E-state index is 11.5. The molecule has 0 bridgehead atoms. The summed E-state index contributed by atoms with van der Waals surface area (Å²) in [5.41, 5.74) is 4.13. The molecule has 2 aromatic rings. The Kier molecular flexibility index (Phi) is 3.09. The minimum atomic E-state index is -0.306. The standard InChI is InChI=1S/C15H16N2O2/c1-19-15(18)11-2-3-12-13(9-17-14(12)8-11)10-4-6-16-7-5-10/h2-4,8-9,16-17H,5-7H2,1H3. The Morgan fingerprint density at radius 3 is 3.00 bits per heavy atom. The average molecular weight is 256 g/mol. The van der Waals surface area contributed by atoms with Gasteiger partial charge in [-0.25, -0.2) is 4.79 Å². The van der Waals surface area contributed by atoms with Crippen molar-refractivity contribution in [3.05, 3.63) is 41.6 Å². The highest BCUT2D eigenvalue weighted by Gasteiger charge is 2.13. The third-order valence-corrected chi connectivity index (χ3v) is 3.51. The summed E-state index contributed by atoms with van der Waals surface area (Å²) in [5, 5.41) is 4.46. The van der Waals surface area contributed by atoms with Gasteiger partial charge < -0.3 is 15.0 Å². The largest absolute Gasteiger partial charge is 0.465 e. The Morgan fingerprint density at radius 2 is 2.26 bits per heavy atom. The number of aromatic amines is 1. The lowest BCUT2D eigenvalue weighted by atomic mass is 9.99. The molecule has 4 heteroatoms. The zero-order valence-electron chi connectivity index (χ0n) is 10.8. The highest BCUT2D eigenvalue weighted by Crippen LogP contribution is 2.28. The molecule has 3 rings (SSSR count). The molecule has 0 spiro atoms. The van der Waals surface area contributed by atoms with Gasteiger partial charge in [0.2, 0.25) is 0 Å². The number of methoxy groups -OCH3 is 1. The highest BCUT2D eigenvalue weighted by molar-refractivity contribution is 5.98. The normalized spacial score (nSPS) is 15.3. The van der Waals surface area contributed by atoms with Gasteiger partial charge in [0.15, 0.2) is 0 Å². The van der Waals surface area contributed by atoms with Gasteiger partial charge >= 0.3 is 5.97 Å². The first kappa shape index (κ1) is 12.0. The van der Waals surface area contributed by atoms with Crippen LogP contribution < -0.4 is 5.32 Å². The molecule has 1 aliphatic heterocycles. The number of aromatic nitrogens is 1. The number of carbonyl (C=O) groups excluding carboxylic acids is 1. The van der Waals surface area contributed by atoms with Crippen LogP contribution in [0.1, 0.15) is 22.3 Å². The summed E-state index contributed by atoms with van der Waals surface area (Å²) in [6, 6.07) is 5.63. The number of hydrogen-bond acceptors (Lipinski definition) is 3. The summed E-state index contributed by atoms with van der Waals surface area (Å²) in [6.45, 7) is 1.93. The van der Waals surface area contributed by atoms with Gasteiger partial charge in [-0.2, -0.15) is 0 Å². The van der Waals surface area contributed by atoms with Gasteiger partial charge in [0.1, 0.15) is 0 Å². The molecule has 0 amide bonds. The van der Waals surface area contributed by atoms with Crippen molar-refractivity contribution in [2.45, 2.75) is 6.42 Å². The maximum atomic E-state index is 11.5. The van der Waals surface area contributed by atoms with Gasteiger partial charge in [0.25, 0.3) is 0 Å². The fraction of sp³-hybridized carbons (Fsp3) is 0.267. The number of ether oxygens (including phenoxy) is 1. The molecule has 0 radical (unpaired) electrons. The number of carbonyl (C=O) groups is 1. The van der Waals surface area contributed by atoms with Crippen molar-refractivity contribution in [1.29, 1.82) is 0 Å². The number of fused-ring (bicyclic) bond motifs is 1. The molecule has 19 heavy (non-hydrogen) atoms. The molecule has 0 atom stereocenters. The van der Waals surface area contributed by atoms with E-state index in [9.17, 15) is 4.79 Å². The van der Waals surface area contributed by atoms with E-state index in [2.05, 4.69) is 16.4 Å². The van der Waals surface area contributed by atoms with E-state index in [4.69, 9.17) is 4.74 Å². The predicted octanol–water partition coefficient (Wildman–Crippen LogP) is 2.33. The minimum absolute atomic E-state index is 0.306. The second-order valence-electron chi connectivity index (χ2n) is 4.64. The summed E-state index contributed by atoms with van der Waals surface area (Å²) >= 11 is 0. The van der Waals surface area contributed by atoms with Gasteiger partial charge in [-0.15, -0.1) is 0 Å². The zero-order chi connectivity index (χ0) is 13.2. The van der Waals surface area contributed by atoms with Crippen molar-refractivity contribution in [1.82, 2.24) is 10.3 Å². The quantitative estimate of drug-likeness (QED) is 0.811. The molecule has 0 fully saturated rings. The Morgan fingerprint density at radius 1 is 1.37 bits per heavy atom. The molecule has 0 aliphatic carbocycles. The lowest BCUT2D eigenvalue weighted by Crippen LogP contribution is -2.19. The van der Waals surface area contributed by atoms with Gasteiger partial charge in [-0.05, 0) is 30.7 Å². The van der Waals surface area contributed by atoms with Gasteiger partial charge in [0, 0.05) is 29.2 Å². The molecule has 2 heterocycles. The first-order chi connectivity index (χ1) is 9.29. The van der Waals surface area contributed by atoms with E-state index in [0.29, 0.717) is 5.56 Å². The van der Waals surface area contributed by atoms with E-state index in [1.165, 1.54) is 18.2 Å². The van der Waals surface area contributed by atoms with E-state index in [0.717, 1.165) is 30.4 Å². The van der Waals surface area contributed by atoms with Crippen molar-refractivity contribution in [2.24, 2.45) is 0 Å². The molecule has 0 saturated heterocycles. The van der Waals surface area contributed by atoms with Crippen LogP contribution in [-0.4, -0.2) is 31.2 Å². The Hall–Kier alpha value is -2.07. The Labute approximate surface area is 111 Å². The van der Waals surface area contributed by atoms with Crippen LogP contribution in [0.15, 0.2) is 30.5 Å². The van der Waals surface area contributed by atoms with E-state index < -0.39 is 0 Å². The van der Waals surface area contributed by atoms with Crippen LogP contribution in [0, 0.1) is 0 Å². The Balaban J connectivity index is 2.04. The summed E-state index contributed by atoms with van der Waals surface area (Å²) in [7, 11) is 1.40. The minimum Gasteiger partial charge on any atom is -0.465 e. The summed E-state index contributed by atoms with van der Waals surface area (Å²) in [5.74, 6) is -0.306. The SMILES string of the molecule is COC(=O)c1ccc2c(C3=CCNCC3)c[nH]c2c1. The molecular weight excluding hydrogens is 240 g/mol. The summed E-state index contributed by atoms with van der Waals surface area (Å²) in [6.07, 6.45) is 5.27. The lowest BCUT2D eigenvalue weighted by molar-refractivity contribution is 0.0601. The molecule has 0 saturated carbocycles. The molecule has 4 nitrogen and oxygen atoms in total. The van der Waals surface area contributed by atoms with Crippen molar-refractivity contribution in [3.63, 3.8) is 0 Å². The van der Waals surface area contributed by atoms with Crippen LogP contribution in [0.3, 0.4) is 0 Å². The number of H-pyrrole nitrogens is 1. The maximum Gasteiger partial charge on any atom is 0.337 e. The average Bonchev–Trinajstić information content (AvgIpc) is 2.90. The molecule has 98 valence electrons. The summed E-state index contributed by atoms with van der Waals surface area (Å²) in [4.78, 5) is 14.7. The van der Waals surface area contributed by atoms with Crippen molar-refractivity contribution in [2.75, 3.05) is 20.2 Å². The smallest absolute Gasteiger partial charge is 0.337 e. The first-order valence-electron chi connectivity index (χ1n) is 6.39. The number of nitrogens with one attached hydrogen (secondary N) is 2. The lowest BCUT2D eigenvalue weighted by Gasteiger charge is -2.13. The van der Waals surface area contributed by atoms with E-state index >= 15 is 0 Å². The first-order valence-corrected chi connectivity index (χ1v) is 6.39. The van der Waals surface area contributed by atoms with Crippen LogP contribution in [0.4, 0.5) is 0 Å². The fourth-order valence-electron chi connectivity index (χ4n) is 2.50. The summed E-state index contributed by atoms with van der Waals surface area (Å²) < 4.78 is 4.74. The topological polar surface area (TPSA) is 54.1 Å². The number of hydrogen-bond donors (Lipinski definition) is 2. The molecule has 1 aliphatic rings. The molecule has 2 N–H and O–H groups in total. The van der Waals surface area contributed by atoms with Gasteiger partial charge in [0.05, 0.1) is 12.7 Å². The predicted molar refractivity (Wildman–Crippen MR) is 75.1 cm³/mol. The molecule has 0 unspecified atom stereocenters. The monoisotopic (exact) mass is 256 g/mol. The highest BCUT2D eigenvalue weighted by atomic mass is 16.5. The number of benzene rings is 1. The van der Waals surface area contributed by atoms with Crippen molar-refractivity contribution < 1.29 is 9.53 Å². The van der Waals surface area contributed by atoms with Crippen molar-refractivity contribution in [3.8, 4) is 0 Å². The molecule has 1 aromatic carbocycles. The van der Waals surface area contributed by atoms with Crippen LogP contribution in [-0.2, 0) is 4.74 Å². The van der Waals surface area contributed by atoms with E-state index in [1.807, 2.05) is 24.4 Å². The third kappa shape index (κ3) is 2.15. The van der Waals surface area contributed by atoms with Crippen molar-refractivity contribution >= 4 is 22.4 Å². The van der Waals surface area contributed by atoms with Gasteiger partial charge in [-0.3, -0.25) is 0 Å². The van der Waals surface area contributed by atoms with Crippen LogP contribution in [0.25, 0.3) is 16.5 Å². The fourth-order valence-corrected chi connectivity index (χ4v) is 2.50. The van der Waals surface area contributed by atoms with E-state index in [-0.39, 0.29) is 5.97 Å². The van der Waals surface area contributed by atoms with Crippen LogP contribution >= 0.6 is 0 Å². The number of esters is 1. The second kappa shape index (κ2) is 4.90. The third-order valence-electron chi connectivity index (χ3n) is 3.51. The number of rotatable bonds is 2. The zero-order valence-corrected chi connectivity index (χ0v) is 10.8. The van der Waals surface area contributed by atoms with E-state index in [1.54, 1.807) is 0 Å². The molecule has 1 aromatic heterocycles. The van der Waals surface area contributed by atoms with Gasteiger partial charge in [-0.1, -0.05) is 12.1 Å². The molecular formula is C15H16N2O2. The Bertz CT molecular complexity index is 655. The second-order valence-corrected chi connectivity index (χ2v) is 4.64. The van der Waals surface area contributed by atoms with Crippen LogP contribution in [0.2, 0.25) is 0 Å². The van der Waals surface area contributed by atoms with Crippen LogP contribution in [0.5, 0.6) is 0 Å².